The van der Waals surface area contributed by atoms with Crippen LogP contribution in [0.3, 0.4) is 0 Å². The Morgan fingerprint density at radius 1 is 0.402 bits per heavy atom. The van der Waals surface area contributed by atoms with Gasteiger partial charge in [-0.15, -0.1) is 20.4 Å². The molecule has 1 aliphatic rings. The quantitative estimate of drug-likeness (QED) is 0.119. The number of ether oxygens (including phenoxy) is 2. The molecule has 13 aromatic rings. The molecular weight excluding hydrogens is 1010 g/mol. The predicted octanol–water partition coefficient (Wildman–Crippen LogP) is 18.5. The van der Waals surface area contributed by atoms with Crippen molar-refractivity contribution in [1.82, 2.24) is 25.0 Å². The van der Waals surface area contributed by atoms with Gasteiger partial charge in [0.2, 0.25) is 23.6 Å². The fourth-order valence-electron chi connectivity index (χ4n) is 10.2. The zero-order valence-corrected chi connectivity index (χ0v) is 45.7. The van der Waals surface area contributed by atoms with Crippen molar-refractivity contribution in [2.24, 2.45) is 0 Å². The highest BCUT2D eigenvalue weighted by Gasteiger charge is 2.29. The topological polar surface area (TPSA) is 101 Å². The van der Waals surface area contributed by atoms with Crippen LogP contribution >= 0.6 is 0 Å². The maximum Gasteiger partial charge on any atom is 0.248 e. The van der Waals surface area contributed by atoms with Gasteiger partial charge in [0.1, 0.15) is 11.5 Å². The molecule has 3 heterocycles. The molecule has 0 aliphatic heterocycles. The number of rotatable bonds is 12. The lowest BCUT2D eigenvalue weighted by atomic mass is 9.89. The van der Waals surface area contributed by atoms with Gasteiger partial charge in [0, 0.05) is 44.6 Å². The smallest absolute Gasteiger partial charge is 0.248 e. The zero-order valence-electron chi connectivity index (χ0n) is 45.7. The van der Waals surface area contributed by atoms with Crippen LogP contribution in [0.5, 0.6) is 11.5 Å². The lowest BCUT2D eigenvalue weighted by Crippen LogP contribution is -1.98. The van der Waals surface area contributed by atoms with Crippen LogP contribution in [0.4, 0.5) is 0 Å². The molecule has 0 atom stereocenters. The maximum atomic E-state index is 6.05. The molecule has 82 heavy (non-hydrogen) atoms. The van der Waals surface area contributed by atoms with Gasteiger partial charge in [0.05, 0.1) is 24.2 Å². The summed E-state index contributed by atoms with van der Waals surface area (Å²) in [5.41, 5.74) is 15.7. The van der Waals surface area contributed by atoms with Crippen LogP contribution in [0.25, 0.3) is 96.6 Å². The van der Waals surface area contributed by atoms with E-state index in [-0.39, 0.29) is 5.92 Å². The van der Waals surface area contributed by atoms with Crippen molar-refractivity contribution in [3.8, 4) is 74.1 Å². The van der Waals surface area contributed by atoms with E-state index in [0.717, 1.165) is 50.5 Å². The number of fused-ring (bicyclic) bond motifs is 6. The lowest BCUT2D eigenvalue weighted by molar-refractivity contribution is 0.340. The Bertz CT molecular complexity index is 4110. The molecule has 0 radical (unpaired) electrons. The van der Waals surface area contributed by atoms with Gasteiger partial charge in [-0.2, -0.15) is 0 Å². The Kier molecular flexibility index (Phi) is 16.6. The van der Waals surface area contributed by atoms with Crippen molar-refractivity contribution in [3.05, 3.63) is 296 Å². The Labute approximate surface area is 477 Å². The van der Waals surface area contributed by atoms with E-state index in [2.05, 4.69) is 172 Å². The second-order valence-corrected chi connectivity index (χ2v) is 19.1. The van der Waals surface area contributed by atoms with Crippen LogP contribution in [-0.2, 0) is 0 Å². The van der Waals surface area contributed by atoms with Crippen molar-refractivity contribution >= 4 is 34.0 Å². The first kappa shape index (κ1) is 53.4. The average molecular weight is 1070 g/mol. The number of nitrogens with zero attached hydrogens (tertiary/aromatic N) is 5. The summed E-state index contributed by atoms with van der Waals surface area (Å²) in [4.78, 5) is 0. The van der Waals surface area contributed by atoms with Gasteiger partial charge in [0.25, 0.3) is 0 Å². The summed E-state index contributed by atoms with van der Waals surface area (Å²) in [5, 5.41) is 19.6. The molecule has 0 spiro atoms. The van der Waals surface area contributed by atoms with Crippen LogP contribution in [0.1, 0.15) is 47.6 Å². The van der Waals surface area contributed by atoms with E-state index < -0.39 is 0 Å². The van der Waals surface area contributed by atoms with E-state index in [9.17, 15) is 0 Å². The molecule has 0 amide bonds. The molecule has 400 valence electrons. The van der Waals surface area contributed by atoms with E-state index in [1.165, 1.54) is 49.7 Å². The standard InChI is InChI=1S/C29H22N2O2.C28H21N3O2.2C8H8/c1-2-32-22-9-7-8-21(18-22)29-31-30-28(33-29)20-16-14-19(15-17-20)27-25-12-5-3-10-23(25)24-11-4-6-13-26(24)27;1-2-32-22-12-8-10-20(18-22)28-30-29-27(33-28)19-9-7-11-21(17-19)31-25-15-5-3-13-23(25)24-14-4-6-16-26(24)31;2*1-2-8-6-4-3-5-7-8/h3-18,27H,2H2,1H3;3-18H,2H2,1H3;2*2-7H,1H2. The van der Waals surface area contributed by atoms with E-state index in [4.69, 9.17) is 18.3 Å². The molecule has 0 bridgehead atoms. The number of para-hydroxylation sites is 2. The zero-order chi connectivity index (χ0) is 56.0. The summed E-state index contributed by atoms with van der Waals surface area (Å²) in [5.74, 6) is 3.73. The summed E-state index contributed by atoms with van der Waals surface area (Å²) in [6, 6.07) is 86.4. The Balaban J connectivity index is 0.000000135. The summed E-state index contributed by atoms with van der Waals surface area (Å²) in [6.07, 6.45) is 3.67. The molecule has 9 heteroatoms. The first-order valence-electron chi connectivity index (χ1n) is 27.4. The molecule has 0 unspecified atom stereocenters. The summed E-state index contributed by atoms with van der Waals surface area (Å²) in [6.45, 7) is 12.4. The summed E-state index contributed by atoms with van der Waals surface area (Å²) in [7, 11) is 0. The maximum absolute atomic E-state index is 6.05. The minimum absolute atomic E-state index is 0.228. The van der Waals surface area contributed by atoms with Gasteiger partial charge in [-0.25, -0.2) is 0 Å². The van der Waals surface area contributed by atoms with Crippen molar-refractivity contribution in [2.75, 3.05) is 13.2 Å². The highest BCUT2D eigenvalue weighted by atomic mass is 16.5. The van der Waals surface area contributed by atoms with Crippen LogP contribution < -0.4 is 9.47 Å². The fraction of sp³-hybridized carbons (Fsp3) is 0.0685. The normalized spacial score (nSPS) is 11.2. The second kappa shape index (κ2) is 25.4. The Hall–Kier alpha value is -10.6. The number of benzene rings is 10. The molecule has 0 saturated carbocycles. The fourth-order valence-corrected chi connectivity index (χ4v) is 10.2. The van der Waals surface area contributed by atoms with Gasteiger partial charge >= 0.3 is 0 Å². The second-order valence-electron chi connectivity index (χ2n) is 19.1. The van der Waals surface area contributed by atoms with Crippen LogP contribution in [-0.4, -0.2) is 38.2 Å². The van der Waals surface area contributed by atoms with Crippen molar-refractivity contribution < 1.29 is 18.3 Å². The third kappa shape index (κ3) is 11.9. The van der Waals surface area contributed by atoms with Crippen LogP contribution in [0.2, 0.25) is 0 Å². The minimum atomic E-state index is 0.228. The van der Waals surface area contributed by atoms with E-state index >= 15 is 0 Å². The number of hydrogen-bond donors (Lipinski definition) is 0. The first-order valence-corrected chi connectivity index (χ1v) is 27.4. The van der Waals surface area contributed by atoms with Gasteiger partial charge in [0.15, 0.2) is 0 Å². The van der Waals surface area contributed by atoms with Crippen LogP contribution in [0.15, 0.2) is 277 Å². The summed E-state index contributed by atoms with van der Waals surface area (Å²) >= 11 is 0. The molecule has 3 aromatic heterocycles. The van der Waals surface area contributed by atoms with Gasteiger partial charge < -0.3 is 22.9 Å². The molecular formula is C73H59N5O4. The van der Waals surface area contributed by atoms with E-state index in [0.29, 0.717) is 36.8 Å². The molecule has 14 rings (SSSR count). The molecule has 0 saturated heterocycles. The van der Waals surface area contributed by atoms with E-state index in [1.54, 1.807) is 0 Å². The van der Waals surface area contributed by atoms with Crippen LogP contribution in [0, 0.1) is 0 Å². The number of aromatic nitrogens is 5. The first-order chi connectivity index (χ1) is 40.5. The van der Waals surface area contributed by atoms with Gasteiger partial charge in [-0.1, -0.05) is 201 Å². The monoisotopic (exact) mass is 1070 g/mol. The Morgan fingerprint density at radius 3 is 1.26 bits per heavy atom. The molecule has 9 nitrogen and oxygen atoms in total. The third-order valence-electron chi connectivity index (χ3n) is 14.0. The van der Waals surface area contributed by atoms with Crippen molar-refractivity contribution in [2.45, 2.75) is 19.8 Å². The third-order valence-corrected chi connectivity index (χ3v) is 14.0. The largest absolute Gasteiger partial charge is 0.494 e. The number of hydrogen-bond acceptors (Lipinski definition) is 8. The van der Waals surface area contributed by atoms with E-state index in [1.807, 2.05) is 147 Å². The minimum Gasteiger partial charge on any atom is -0.494 e. The van der Waals surface area contributed by atoms with Gasteiger partial charge in [-0.3, -0.25) is 0 Å². The lowest BCUT2D eigenvalue weighted by Gasteiger charge is -2.14. The molecule has 0 fully saturated rings. The van der Waals surface area contributed by atoms with Crippen molar-refractivity contribution in [1.29, 1.82) is 0 Å². The summed E-state index contributed by atoms with van der Waals surface area (Å²) < 4.78 is 25.5. The SMILES string of the molecule is C=Cc1ccccc1.C=Cc1ccccc1.CCOc1cccc(-c2nnc(-c3ccc(C4c5ccccc5-c5ccccc54)cc3)o2)c1.CCOc1cccc(-c2nnc(-c3cccc(-n4c5ccccc5c5ccccc54)c3)o2)c1. The molecule has 0 N–H and O–H groups in total. The predicted molar refractivity (Wildman–Crippen MR) is 333 cm³/mol. The molecule has 1 aliphatic carbocycles. The highest BCUT2D eigenvalue weighted by Crippen LogP contribution is 2.48. The van der Waals surface area contributed by atoms with Gasteiger partial charge in [-0.05, 0) is 132 Å². The molecule has 10 aromatic carbocycles. The Morgan fingerprint density at radius 2 is 0.805 bits per heavy atom. The van der Waals surface area contributed by atoms with Crippen molar-refractivity contribution in [3.63, 3.8) is 0 Å². The average Bonchev–Trinajstić information content (AvgIpc) is 4.19. The highest BCUT2D eigenvalue weighted by molar-refractivity contribution is 6.09.